The second-order valence-electron chi connectivity index (χ2n) is 10.5. The number of aryl methyl sites for hydroxylation is 1. The number of hydrogen-bond donors (Lipinski definition) is 2. The van der Waals surface area contributed by atoms with Gasteiger partial charge in [0.05, 0.1) is 24.5 Å². The number of rotatable bonds is 8. The number of nitrogens with one attached hydrogen (secondary N) is 1. The number of benzene rings is 1. The van der Waals surface area contributed by atoms with E-state index in [0.29, 0.717) is 11.9 Å². The highest BCUT2D eigenvalue weighted by Crippen LogP contribution is 2.44. The van der Waals surface area contributed by atoms with Gasteiger partial charge < -0.3 is 15.0 Å². The maximum Gasteiger partial charge on any atom is 0.228 e. The molecule has 38 heavy (non-hydrogen) atoms. The molecule has 2 aliphatic rings. The molecule has 3 aromatic heterocycles. The van der Waals surface area contributed by atoms with E-state index in [1.165, 1.54) is 27.9 Å². The monoisotopic (exact) mass is 512 g/mol. The molecule has 0 spiro atoms. The molecule has 9 heteroatoms. The minimum absolute atomic E-state index is 0.233. The standard InChI is InChI=1S/C29H36N8O/c1-21-18-23-20-34(2)28(22-6-4-3-5-7-22)26(23)27-24(21)19-30-29(32-27)31-25-8-9-37(33-25)15-14-35-10-12-36(13-11-35)16-17-38/h3-9,19-21,38H,10-18H2,1-2H3,(H,30,31,32,33)/t21-/m1/s1. The number of aliphatic hydroxyl groups is 1. The van der Waals surface area contributed by atoms with Crippen LogP contribution in [0, 0.1) is 0 Å². The van der Waals surface area contributed by atoms with Gasteiger partial charge >= 0.3 is 0 Å². The highest BCUT2D eigenvalue weighted by atomic mass is 16.3. The Morgan fingerprint density at radius 3 is 2.53 bits per heavy atom. The third-order valence-electron chi connectivity index (χ3n) is 7.83. The Balaban J connectivity index is 1.18. The molecule has 0 bridgehead atoms. The Kier molecular flexibility index (Phi) is 6.97. The molecule has 198 valence electrons. The lowest BCUT2D eigenvalue weighted by Gasteiger charge is -2.34. The number of aromatic nitrogens is 5. The minimum Gasteiger partial charge on any atom is -0.395 e. The maximum atomic E-state index is 9.14. The molecule has 0 saturated carbocycles. The molecule has 2 N–H and O–H groups in total. The number of nitrogens with zero attached hydrogens (tertiary/aromatic N) is 7. The summed E-state index contributed by atoms with van der Waals surface area (Å²) in [7, 11) is 2.12. The summed E-state index contributed by atoms with van der Waals surface area (Å²) in [5.41, 5.74) is 7.13. The van der Waals surface area contributed by atoms with Gasteiger partial charge in [-0.25, -0.2) is 9.97 Å². The fourth-order valence-electron chi connectivity index (χ4n) is 5.80. The number of β-amino-alcohol motifs (C(OH)–C–C–N with tert-alkyl or cyclic N) is 1. The zero-order valence-electron chi connectivity index (χ0n) is 22.2. The summed E-state index contributed by atoms with van der Waals surface area (Å²) in [4.78, 5) is 14.5. The van der Waals surface area contributed by atoms with Crippen molar-refractivity contribution in [2.45, 2.75) is 25.8 Å². The van der Waals surface area contributed by atoms with E-state index in [1.807, 2.05) is 23.1 Å². The normalized spacial score (nSPS) is 17.8. The largest absolute Gasteiger partial charge is 0.395 e. The van der Waals surface area contributed by atoms with Crippen LogP contribution in [-0.2, 0) is 20.0 Å². The molecule has 1 atom stereocenters. The molecule has 1 aliphatic heterocycles. The fraction of sp³-hybridized carbons (Fsp3) is 0.414. The topological polar surface area (TPSA) is 87.3 Å². The van der Waals surface area contributed by atoms with E-state index < -0.39 is 0 Å². The lowest BCUT2D eigenvalue weighted by molar-refractivity contribution is 0.109. The second kappa shape index (κ2) is 10.7. The molecular weight excluding hydrogens is 476 g/mol. The van der Waals surface area contributed by atoms with Gasteiger partial charge in [0.2, 0.25) is 5.95 Å². The number of hydrogen-bond acceptors (Lipinski definition) is 7. The first-order valence-electron chi connectivity index (χ1n) is 13.6. The molecule has 0 amide bonds. The summed E-state index contributed by atoms with van der Waals surface area (Å²) in [6, 6.07) is 12.5. The summed E-state index contributed by atoms with van der Waals surface area (Å²) < 4.78 is 4.21. The first-order chi connectivity index (χ1) is 18.6. The van der Waals surface area contributed by atoms with Crippen molar-refractivity contribution in [2.75, 3.05) is 51.2 Å². The van der Waals surface area contributed by atoms with Crippen molar-refractivity contribution >= 4 is 11.8 Å². The van der Waals surface area contributed by atoms with Gasteiger partial charge in [-0.1, -0.05) is 37.3 Å². The second-order valence-corrected chi connectivity index (χ2v) is 10.5. The lowest BCUT2D eigenvalue weighted by atomic mass is 9.83. The average molecular weight is 513 g/mol. The number of piperazine rings is 1. The number of fused-ring (bicyclic) bond motifs is 3. The number of aliphatic hydroxyl groups excluding tert-OH is 1. The Labute approximate surface area is 223 Å². The van der Waals surface area contributed by atoms with Crippen molar-refractivity contribution in [1.29, 1.82) is 0 Å². The van der Waals surface area contributed by atoms with Crippen molar-refractivity contribution in [3.63, 3.8) is 0 Å². The zero-order chi connectivity index (χ0) is 26.1. The van der Waals surface area contributed by atoms with Gasteiger partial charge in [0.15, 0.2) is 5.82 Å². The molecular formula is C29H36N8O. The van der Waals surface area contributed by atoms with Crippen LogP contribution in [0.4, 0.5) is 11.8 Å². The third-order valence-corrected chi connectivity index (χ3v) is 7.83. The van der Waals surface area contributed by atoms with E-state index >= 15 is 0 Å². The summed E-state index contributed by atoms with van der Waals surface area (Å²) in [6.45, 7) is 9.12. The van der Waals surface area contributed by atoms with Gasteiger partial charge in [0, 0.05) is 82.1 Å². The Morgan fingerprint density at radius 2 is 1.76 bits per heavy atom. The molecule has 4 aromatic rings. The van der Waals surface area contributed by atoms with Gasteiger partial charge in [-0.05, 0) is 23.5 Å². The molecule has 1 aromatic carbocycles. The highest BCUT2D eigenvalue weighted by molar-refractivity contribution is 5.86. The van der Waals surface area contributed by atoms with Gasteiger partial charge in [0.1, 0.15) is 0 Å². The van der Waals surface area contributed by atoms with E-state index in [0.717, 1.165) is 63.7 Å². The molecule has 9 nitrogen and oxygen atoms in total. The zero-order valence-corrected chi connectivity index (χ0v) is 22.2. The maximum absolute atomic E-state index is 9.14. The molecule has 4 heterocycles. The van der Waals surface area contributed by atoms with Crippen LogP contribution in [0.1, 0.15) is 24.0 Å². The van der Waals surface area contributed by atoms with Crippen LogP contribution in [0.3, 0.4) is 0 Å². The van der Waals surface area contributed by atoms with Crippen LogP contribution in [0.25, 0.3) is 22.5 Å². The van der Waals surface area contributed by atoms with Crippen LogP contribution < -0.4 is 5.32 Å². The minimum atomic E-state index is 0.233. The van der Waals surface area contributed by atoms with Gasteiger partial charge in [0.25, 0.3) is 0 Å². The van der Waals surface area contributed by atoms with E-state index in [9.17, 15) is 0 Å². The molecule has 1 fully saturated rings. The van der Waals surface area contributed by atoms with Crippen molar-refractivity contribution in [1.82, 2.24) is 34.1 Å². The van der Waals surface area contributed by atoms with Crippen molar-refractivity contribution in [3.05, 3.63) is 66.1 Å². The molecule has 1 saturated heterocycles. The van der Waals surface area contributed by atoms with Crippen molar-refractivity contribution in [2.24, 2.45) is 7.05 Å². The average Bonchev–Trinajstić information content (AvgIpc) is 3.52. The van der Waals surface area contributed by atoms with Crippen molar-refractivity contribution in [3.8, 4) is 22.5 Å². The van der Waals surface area contributed by atoms with Crippen LogP contribution in [0.2, 0.25) is 0 Å². The SMILES string of the molecule is C[C@@H]1Cc2cn(C)c(-c3ccccc3)c2-c2nc(Nc3ccn(CCN4CCN(CCO)CC4)n3)ncc21. The van der Waals surface area contributed by atoms with E-state index in [2.05, 4.69) is 75.2 Å². The molecule has 1 aliphatic carbocycles. The van der Waals surface area contributed by atoms with Gasteiger partial charge in [-0.15, -0.1) is 0 Å². The molecule has 0 unspecified atom stereocenters. The highest BCUT2D eigenvalue weighted by Gasteiger charge is 2.29. The first-order valence-corrected chi connectivity index (χ1v) is 13.6. The van der Waals surface area contributed by atoms with Gasteiger partial charge in [-0.2, -0.15) is 5.10 Å². The van der Waals surface area contributed by atoms with E-state index in [1.54, 1.807) is 0 Å². The fourth-order valence-corrected chi connectivity index (χ4v) is 5.80. The molecule has 6 rings (SSSR count). The third kappa shape index (κ3) is 4.97. The van der Waals surface area contributed by atoms with Crippen LogP contribution in [0.5, 0.6) is 0 Å². The first kappa shape index (κ1) is 24.8. The Hall–Kier alpha value is -3.53. The molecule has 0 radical (unpaired) electrons. The van der Waals surface area contributed by atoms with E-state index in [4.69, 9.17) is 15.2 Å². The van der Waals surface area contributed by atoms with Gasteiger partial charge in [-0.3, -0.25) is 14.5 Å². The summed E-state index contributed by atoms with van der Waals surface area (Å²) in [5, 5.41) is 17.2. The quantitative estimate of drug-likeness (QED) is 0.374. The Bertz CT molecular complexity index is 1390. The predicted octanol–water partition coefficient (Wildman–Crippen LogP) is 3.36. The summed E-state index contributed by atoms with van der Waals surface area (Å²) >= 11 is 0. The summed E-state index contributed by atoms with van der Waals surface area (Å²) in [6.07, 6.45) is 7.22. The smallest absolute Gasteiger partial charge is 0.228 e. The van der Waals surface area contributed by atoms with E-state index in [-0.39, 0.29) is 6.61 Å². The van der Waals surface area contributed by atoms with Crippen LogP contribution >= 0.6 is 0 Å². The summed E-state index contributed by atoms with van der Waals surface area (Å²) in [5.74, 6) is 1.68. The lowest BCUT2D eigenvalue weighted by Crippen LogP contribution is -2.47. The van der Waals surface area contributed by atoms with Crippen LogP contribution in [0.15, 0.2) is 55.0 Å². The number of anilines is 2. The Morgan fingerprint density at radius 1 is 1.00 bits per heavy atom. The predicted molar refractivity (Wildman–Crippen MR) is 149 cm³/mol. The van der Waals surface area contributed by atoms with Crippen molar-refractivity contribution < 1.29 is 5.11 Å². The van der Waals surface area contributed by atoms with Crippen LogP contribution in [-0.4, -0.2) is 85.1 Å².